The Bertz CT molecular complexity index is 1260. The van der Waals surface area contributed by atoms with Gasteiger partial charge in [0.15, 0.2) is 11.6 Å². The first-order chi connectivity index (χ1) is 16.5. The van der Waals surface area contributed by atoms with Gasteiger partial charge >= 0.3 is 0 Å². The first kappa shape index (κ1) is 23.8. The smallest absolute Gasteiger partial charge is 0.199 e. The highest BCUT2D eigenvalue weighted by Crippen LogP contribution is 2.34. The molecule has 0 bridgehead atoms. The minimum absolute atomic E-state index is 0.172. The number of H-pyrrole nitrogens is 2. The number of nitrogens with one attached hydrogen (secondary N) is 2. The van der Waals surface area contributed by atoms with Gasteiger partial charge in [0.25, 0.3) is 0 Å². The number of aromatic amines is 2. The van der Waals surface area contributed by atoms with Crippen molar-refractivity contribution in [2.24, 2.45) is 0 Å². The number of aryl methyl sites for hydroxylation is 1. The molecule has 2 aromatic heterocycles. The summed E-state index contributed by atoms with van der Waals surface area (Å²) in [7, 11) is 3.13. The zero-order valence-corrected chi connectivity index (χ0v) is 19.6. The van der Waals surface area contributed by atoms with E-state index in [0.29, 0.717) is 35.4 Å². The highest BCUT2D eigenvalue weighted by atomic mass is 19.1. The van der Waals surface area contributed by atoms with Crippen LogP contribution in [0.3, 0.4) is 0 Å². The van der Waals surface area contributed by atoms with Gasteiger partial charge in [-0.05, 0) is 42.8 Å². The highest BCUT2D eigenvalue weighted by molar-refractivity contribution is 5.94. The number of halogens is 1. The van der Waals surface area contributed by atoms with Gasteiger partial charge in [-0.1, -0.05) is 19.1 Å². The van der Waals surface area contributed by atoms with Crippen molar-refractivity contribution in [1.29, 1.82) is 0 Å². The molecule has 2 aromatic carbocycles. The maximum absolute atomic E-state index is 15.4. The summed E-state index contributed by atoms with van der Waals surface area (Å²) in [5, 5.41) is 31.9. The minimum Gasteiger partial charge on any atom is -0.508 e. The fraction of sp³-hybridized carbons (Fsp3) is 0.375. The van der Waals surface area contributed by atoms with E-state index in [1.807, 2.05) is 13.0 Å². The average molecular weight is 468 g/mol. The van der Waals surface area contributed by atoms with Crippen molar-refractivity contribution < 1.29 is 14.6 Å². The van der Waals surface area contributed by atoms with Crippen LogP contribution in [0.2, 0.25) is 0 Å². The first-order valence-electron chi connectivity index (χ1n) is 11.3. The molecule has 3 heterocycles. The van der Waals surface area contributed by atoms with Crippen LogP contribution in [0.5, 0.6) is 5.75 Å². The standard InChI is InChI=1S/C23H26FN7O.CH4O/c1-3-14-12-15(32)4-5-16(14)17-6-7-18-21(20(17)24)27-28-22(18)23-25-19(26-29-23)13-31-10-8-30(2)9-11-31;1-2/h4-7,12,32H,3,8-11,13H2,1-2H3,(H,27,28)(H,25,26,29);2H,1H3. The molecule has 0 radical (unpaired) electrons. The minimum atomic E-state index is -0.404. The molecular formula is C24H30FN7O2. The van der Waals surface area contributed by atoms with Gasteiger partial charge in [0, 0.05) is 44.2 Å². The summed E-state index contributed by atoms with van der Waals surface area (Å²) in [6, 6.07) is 8.58. The number of aromatic nitrogens is 5. The topological polar surface area (TPSA) is 117 Å². The van der Waals surface area contributed by atoms with Crippen LogP contribution in [0, 0.1) is 5.82 Å². The van der Waals surface area contributed by atoms with E-state index in [1.54, 1.807) is 24.3 Å². The molecule has 180 valence electrons. The maximum Gasteiger partial charge on any atom is 0.199 e. The van der Waals surface area contributed by atoms with Gasteiger partial charge in [0.05, 0.1) is 6.54 Å². The summed E-state index contributed by atoms with van der Waals surface area (Å²) < 4.78 is 15.4. The van der Waals surface area contributed by atoms with Crippen LogP contribution in [0.4, 0.5) is 4.39 Å². The van der Waals surface area contributed by atoms with Gasteiger partial charge in [0.2, 0.25) is 0 Å². The molecule has 10 heteroatoms. The van der Waals surface area contributed by atoms with Crippen molar-refractivity contribution in [2.45, 2.75) is 19.9 Å². The zero-order chi connectivity index (χ0) is 24.2. The van der Waals surface area contributed by atoms with Gasteiger partial charge in [-0.3, -0.25) is 15.1 Å². The number of aromatic hydroxyl groups is 1. The van der Waals surface area contributed by atoms with Crippen molar-refractivity contribution in [3.63, 3.8) is 0 Å². The second-order valence-electron chi connectivity index (χ2n) is 8.30. The van der Waals surface area contributed by atoms with Crippen molar-refractivity contribution in [3.05, 3.63) is 47.5 Å². The molecule has 1 aliphatic heterocycles. The Morgan fingerprint density at radius 2 is 1.74 bits per heavy atom. The summed E-state index contributed by atoms with van der Waals surface area (Å²) >= 11 is 0. The van der Waals surface area contributed by atoms with E-state index < -0.39 is 5.82 Å². The molecule has 0 atom stereocenters. The molecule has 0 aliphatic carbocycles. The third-order valence-electron chi connectivity index (χ3n) is 6.15. The lowest BCUT2D eigenvalue weighted by atomic mass is 9.96. The van der Waals surface area contributed by atoms with E-state index in [4.69, 9.17) is 5.11 Å². The molecular weight excluding hydrogens is 437 g/mol. The normalized spacial score (nSPS) is 14.9. The molecule has 4 aromatic rings. The predicted molar refractivity (Wildman–Crippen MR) is 129 cm³/mol. The monoisotopic (exact) mass is 467 g/mol. The van der Waals surface area contributed by atoms with Crippen LogP contribution in [0.15, 0.2) is 30.3 Å². The number of aliphatic hydroxyl groups excluding tert-OH is 1. The van der Waals surface area contributed by atoms with Crippen LogP contribution >= 0.6 is 0 Å². The van der Waals surface area contributed by atoms with Gasteiger partial charge in [0.1, 0.15) is 22.8 Å². The molecule has 0 amide bonds. The lowest BCUT2D eigenvalue weighted by molar-refractivity contribution is 0.145. The van der Waals surface area contributed by atoms with E-state index >= 15 is 4.39 Å². The number of phenolic OH excluding ortho intramolecular Hbond substituents is 1. The molecule has 5 rings (SSSR count). The van der Waals surface area contributed by atoms with Gasteiger partial charge in [-0.2, -0.15) is 10.2 Å². The lowest BCUT2D eigenvalue weighted by Crippen LogP contribution is -2.44. The van der Waals surface area contributed by atoms with E-state index in [2.05, 4.69) is 42.2 Å². The fourth-order valence-electron chi connectivity index (χ4n) is 4.26. The molecule has 0 spiro atoms. The summed E-state index contributed by atoms with van der Waals surface area (Å²) in [6.07, 6.45) is 0.681. The number of benzene rings is 2. The summed E-state index contributed by atoms with van der Waals surface area (Å²) in [5.41, 5.74) is 2.92. The second kappa shape index (κ2) is 10.3. The molecule has 34 heavy (non-hydrogen) atoms. The van der Waals surface area contributed by atoms with E-state index in [1.165, 1.54) is 0 Å². The van der Waals surface area contributed by atoms with Crippen molar-refractivity contribution in [2.75, 3.05) is 40.3 Å². The Morgan fingerprint density at radius 1 is 1.00 bits per heavy atom. The Kier molecular flexibility index (Phi) is 7.20. The summed E-state index contributed by atoms with van der Waals surface area (Å²) in [4.78, 5) is 9.27. The number of hydrogen-bond donors (Lipinski definition) is 4. The molecule has 1 aliphatic rings. The van der Waals surface area contributed by atoms with Crippen LogP contribution < -0.4 is 0 Å². The first-order valence-corrected chi connectivity index (χ1v) is 11.3. The quantitative estimate of drug-likeness (QED) is 0.357. The third-order valence-corrected chi connectivity index (χ3v) is 6.15. The largest absolute Gasteiger partial charge is 0.508 e. The molecule has 0 unspecified atom stereocenters. The molecule has 9 nitrogen and oxygen atoms in total. The lowest BCUT2D eigenvalue weighted by Gasteiger charge is -2.31. The maximum atomic E-state index is 15.4. The molecule has 1 saturated heterocycles. The van der Waals surface area contributed by atoms with Crippen LogP contribution in [-0.2, 0) is 13.0 Å². The summed E-state index contributed by atoms with van der Waals surface area (Å²) in [5.74, 6) is 1.02. The number of fused-ring (bicyclic) bond motifs is 1. The van der Waals surface area contributed by atoms with Crippen molar-refractivity contribution in [3.8, 4) is 28.4 Å². The number of phenols is 1. The Hall–Kier alpha value is -3.34. The number of likely N-dealkylation sites (N-methyl/N-ethyl adjacent to an activating group) is 1. The fourth-order valence-corrected chi connectivity index (χ4v) is 4.26. The predicted octanol–water partition coefficient (Wildman–Crippen LogP) is 2.78. The van der Waals surface area contributed by atoms with E-state index in [9.17, 15) is 5.11 Å². The number of aliphatic hydroxyl groups is 1. The second-order valence-corrected chi connectivity index (χ2v) is 8.30. The zero-order valence-electron chi connectivity index (χ0n) is 19.6. The van der Waals surface area contributed by atoms with Crippen LogP contribution in [-0.4, -0.2) is 85.7 Å². The Balaban J connectivity index is 0.00000133. The van der Waals surface area contributed by atoms with E-state index in [0.717, 1.165) is 50.2 Å². The van der Waals surface area contributed by atoms with Gasteiger partial charge in [-0.25, -0.2) is 9.37 Å². The highest BCUT2D eigenvalue weighted by Gasteiger charge is 2.20. The molecule has 4 N–H and O–H groups in total. The number of piperazine rings is 1. The number of hydrogen-bond acceptors (Lipinski definition) is 7. The Labute approximate surface area is 197 Å². The Morgan fingerprint density at radius 3 is 2.47 bits per heavy atom. The average Bonchev–Trinajstić information content (AvgIpc) is 3.49. The van der Waals surface area contributed by atoms with Crippen LogP contribution in [0.25, 0.3) is 33.5 Å². The SMILES string of the molecule is CCc1cc(O)ccc1-c1ccc2c(-c3n[nH]c(CN4CCN(C)CC4)n3)[nH]nc2c1F.CO. The van der Waals surface area contributed by atoms with Gasteiger partial charge < -0.3 is 15.1 Å². The van der Waals surface area contributed by atoms with Gasteiger partial charge in [-0.15, -0.1) is 0 Å². The molecule has 1 fully saturated rings. The van der Waals surface area contributed by atoms with E-state index in [-0.39, 0.29) is 11.3 Å². The number of nitrogens with zero attached hydrogens (tertiary/aromatic N) is 5. The van der Waals surface area contributed by atoms with Crippen LogP contribution in [0.1, 0.15) is 18.3 Å². The third kappa shape index (κ3) is 4.65. The van der Waals surface area contributed by atoms with Crippen molar-refractivity contribution in [1.82, 2.24) is 35.2 Å². The molecule has 0 saturated carbocycles. The number of rotatable bonds is 5. The summed E-state index contributed by atoms with van der Waals surface area (Å²) in [6.45, 7) is 6.73. The van der Waals surface area contributed by atoms with Crippen molar-refractivity contribution >= 4 is 10.9 Å².